The molecule has 0 atom stereocenters. The molecule has 1 heterocycles. The average molecular weight is 313 g/mol. The number of aromatic nitrogens is 1. The van der Waals surface area contributed by atoms with Gasteiger partial charge in [-0.3, -0.25) is 4.98 Å². The van der Waals surface area contributed by atoms with E-state index in [-0.39, 0.29) is 0 Å². The quantitative estimate of drug-likeness (QED) is 0.764. The Morgan fingerprint density at radius 3 is 2.74 bits per heavy atom. The van der Waals surface area contributed by atoms with E-state index in [0.717, 1.165) is 16.7 Å². The third-order valence-electron chi connectivity index (χ3n) is 3.12. The lowest BCUT2D eigenvalue weighted by molar-refractivity contribution is 1.15. The van der Waals surface area contributed by atoms with Crippen LogP contribution in [0.3, 0.4) is 0 Å². The van der Waals surface area contributed by atoms with Crippen molar-refractivity contribution in [3.05, 3.63) is 71.0 Å². The first-order valence-corrected chi connectivity index (χ1v) is 6.94. The first-order chi connectivity index (χ1) is 9.34. The Morgan fingerprint density at radius 2 is 1.84 bits per heavy atom. The van der Waals surface area contributed by atoms with Crippen LogP contribution in [0.4, 0.5) is 5.69 Å². The minimum absolute atomic E-state index is 0.796. The molecule has 0 aliphatic heterocycles. The summed E-state index contributed by atoms with van der Waals surface area (Å²) in [5.74, 6) is 0. The van der Waals surface area contributed by atoms with E-state index in [9.17, 15) is 0 Å². The van der Waals surface area contributed by atoms with Gasteiger partial charge in [-0.05, 0) is 38.3 Å². The molecule has 1 aromatic heterocycles. The molecule has 0 aliphatic rings. The fraction of sp³-hybridized carbons (Fsp3) is 0.0625. The van der Waals surface area contributed by atoms with Crippen molar-refractivity contribution in [3.8, 4) is 0 Å². The Labute approximate surface area is 120 Å². The highest BCUT2D eigenvalue weighted by atomic mass is 79.9. The number of halogens is 1. The molecular formula is C16H13BrN2. The second-order valence-corrected chi connectivity index (χ2v) is 5.20. The standard InChI is InChI=1S/C16H13BrN2/c17-15-11-18-9-8-16(15)19-10-13-6-3-5-12-4-1-2-7-14(12)13/h1-9,11H,10H2,(H,18,19). The van der Waals surface area contributed by atoms with E-state index < -0.39 is 0 Å². The van der Waals surface area contributed by atoms with Crippen molar-refractivity contribution < 1.29 is 0 Å². The number of pyridine rings is 1. The molecule has 0 saturated heterocycles. The van der Waals surface area contributed by atoms with Crippen molar-refractivity contribution >= 4 is 32.4 Å². The first-order valence-electron chi connectivity index (χ1n) is 6.14. The van der Waals surface area contributed by atoms with Crippen molar-refractivity contribution in [2.45, 2.75) is 6.54 Å². The number of fused-ring (bicyclic) bond motifs is 1. The Morgan fingerprint density at radius 1 is 1.00 bits per heavy atom. The van der Waals surface area contributed by atoms with E-state index in [2.05, 4.69) is 68.7 Å². The van der Waals surface area contributed by atoms with E-state index in [0.29, 0.717) is 0 Å². The van der Waals surface area contributed by atoms with Crippen molar-refractivity contribution in [2.24, 2.45) is 0 Å². The summed E-state index contributed by atoms with van der Waals surface area (Å²) < 4.78 is 0.982. The molecule has 3 rings (SSSR count). The molecular weight excluding hydrogens is 300 g/mol. The van der Waals surface area contributed by atoms with E-state index in [4.69, 9.17) is 0 Å². The van der Waals surface area contributed by atoms with Crippen LogP contribution in [-0.4, -0.2) is 4.98 Å². The van der Waals surface area contributed by atoms with Gasteiger partial charge in [0.05, 0.1) is 10.2 Å². The largest absolute Gasteiger partial charge is 0.380 e. The summed E-state index contributed by atoms with van der Waals surface area (Å²) >= 11 is 3.49. The summed E-state index contributed by atoms with van der Waals surface area (Å²) in [5, 5.41) is 6.00. The Kier molecular flexibility index (Phi) is 3.47. The van der Waals surface area contributed by atoms with E-state index >= 15 is 0 Å². The topological polar surface area (TPSA) is 24.9 Å². The van der Waals surface area contributed by atoms with Crippen LogP contribution in [0.2, 0.25) is 0 Å². The van der Waals surface area contributed by atoms with Crippen molar-refractivity contribution in [1.82, 2.24) is 4.98 Å². The SMILES string of the molecule is Brc1cnccc1NCc1cccc2ccccc12. The van der Waals surface area contributed by atoms with Crippen molar-refractivity contribution in [1.29, 1.82) is 0 Å². The maximum Gasteiger partial charge on any atom is 0.0590 e. The number of nitrogens with zero attached hydrogens (tertiary/aromatic N) is 1. The minimum Gasteiger partial charge on any atom is -0.380 e. The summed E-state index contributed by atoms with van der Waals surface area (Å²) in [5.41, 5.74) is 2.35. The van der Waals surface area contributed by atoms with Gasteiger partial charge in [0.25, 0.3) is 0 Å². The average Bonchev–Trinajstić information content (AvgIpc) is 2.46. The molecule has 0 saturated carbocycles. The monoisotopic (exact) mass is 312 g/mol. The highest BCUT2D eigenvalue weighted by molar-refractivity contribution is 9.10. The summed E-state index contributed by atoms with van der Waals surface area (Å²) in [6, 6.07) is 16.8. The second-order valence-electron chi connectivity index (χ2n) is 4.35. The molecule has 0 fully saturated rings. The zero-order chi connectivity index (χ0) is 13.1. The molecule has 2 nitrogen and oxygen atoms in total. The zero-order valence-electron chi connectivity index (χ0n) is 10.3. The Bertz CT molecular complexity index is 704. The molecule has 0 bridgehead atoms. The molecule has 0 amide bonds. The van der Waals surface area contributed by atoms with Crippen LogP contribution in [0.1, 0.15) is 5.56 Å². The van der Waals surface area contributed by atoms with Gasteiger partial charge in [-0.15, -0.1) is 0 Å². The molecule has 3 aromatic rings. The van der Waals surface area contributed by atoms with Gasteiger partial charge < -0.3 is 5.32 Å². The smallest absolute Gasteiger partial charge is 0.0590 e. The summed E-state index contributed by atoms with van der Waals surface area (Å²) in [6.45, 7) is 0.796. The number of rotatable bonds is 3. The number of anilines is 1. The first kappa shape index (κ1) is 12.2. The van der Waals surface area contributed by atoms with Crippen LogP contribution in [-0.2, 0) is 6.54 Å². The van der Waals surface area contributed by atoms with E-state index in [1.807, 2.05) is 6.07 Å². The van der Waals surface area contributed by atoms with Gasteiger partial charge in [0.1, 0.15) is 0 Å². The van der Waals surface area contributed by atoms with Crippen LogP contribution >= 0.6 is 15.9 Å². The van der Waals surface area contributed by atoms with Crippen LogP contribution in [0.15, 0.2) is 65.4 Å². The third-order valence-corrected chi connectivity index (χ3v) is 3.75. The van der Waals surface area contributed by atoms with Crippen LogP contribution in [0.5, 0.6) is 0 Å². The summed E-state index contributed by atoms with van der Waals surface area (Å²) in [4.78, 5) is 4.06. The Balaban J connectivity index is 1.88. The van der Waals surface area contributed by atoms with Crippen LogP contribution < -0.4 is 5.32 Å². The maximum absolute atomic E-state index is 4.06. The van der Waals surface area contributed by atoms with Crippen LogP contribution in [0, 0.1) is 0 Å². The highest BCUT2D eigenvalue weighted by Crippen LogP contribution is 2.23. The summed E-state index contributed by atoms with van der Waals surface area (Å²) in [6.07, 6.45) is 3.58. The maximum atomic E-state index is 4.06. The molecule has 0 radical (unpaired) electrons. The fourth-order valence-corrected chi connectivity index (χ4v) is 2.55. The molecule has 0 spiro atoms. The second kappa shape index (κ2) is 5.41. The number of hydrogen-bond acceptors (Lipinski definition) is 2. The van der Waals surface area contributed by atoms with Gasteiger partial charge in [0, 0.05) is 18.9 Å². The predicted octanol–water partition coefficient (Wildman–Crippen LogP) is 4.61. The molecule has 94 valence electrons. The van der Waals surface area contributed by atoms with Gasteiger partial charge in [0.15, 0.2) is 0 Å². The fourth-order valence-electron chi connectivity index (χ4n) is 2.16. The van der Waals surface area contributed by atoms with Gasteiger partial charge in [-0.2, -0.15) is 0 Å². The number of hydrogen-bond donors (Lipinski definition) is 1. The van der Waals surface area contributed by atoms with Gasteiger partial charge >= 0.3 is 0 Å². The minimum atomic E-state index is 0.796. The lowest BCUT2D eigenvalue weighted by Gasteiger charge is -2.10. The van der Waals surface area contributed by atoms with Gasteiger partial charge in [0.2, 0.25) is 0 Å². The number of benzene rings is 2. The Hall–Kier alpha value is -1.87. The molecule has 3 heteroatoms. The number of nitrogens with one attached hydrogen (secondary N) is 1. The third kappa shape index (κ3) is 2.61. The van der Waals surface area contributed by atoms with Crippen LogP contribution in [0.25, 0.3) is 10.8 Å². The molecule has 2 aromatic carbocycles. The molecule has 0 aliphatic carbocycles. The van der Waals surface area contributed by atoms with E-state index in [1.165, 1.54) is 16.3 Å². The van der Waals surface area contributed by atoms with Gasteiger partial charge in [-0.25, -0.2) is 0 Å². The highest BCUT2D eigenvalue weighted by Gasteiger charge is 2.02. The van der Waals surface area contributed by atoms with Crippen molar-refractivity contribution in [3.63, 3.8) is 0 Å². The van der Waals surface area contributed by atoms with Crippen molar-refractivity contribution in [2.75, 3.05) is 5.32 Å². The molecule has 0 unspecified atom stereocenters. The lowest BCUT2D eigenvalue weighted by atomic mass is 10.0. The molecule has 19 heavy (non-hydrogen) atoms. The zero-order valence-corrected chi connectivity index (χ0v) is 11.9. The summed E-state index contributed by atoms with van der Waals surface area (Å²) in [7, 11) is 0. The lowest BCUT2D eigenvalue weighted by Crippen LogP contribution is -2.00. The normalized spacial score (nSPS) is 10.6. The molecule has 1 N–H and O–H groups in total. The van der Waals surface area contributed by atoms with Gasteiger partial charge in [-0.1, -0.05) is 42.5 Å². The van der Waals surface area contributed by atoms with E-state index in [1.54, 1.807) is 12.4 Å². The predicted molar refractivity (Wildman–Crippen MR) is 83.2 cm³/mol.